The van der Waals surface area contributed by atoms with Gasteiger partial charge in [-0.15, -0.1) is 0 Å². The van der Waals surface area contributed by atoms with E-state index in [2.05, 4.69) is 42.0 Å². The van der Waals surface area contributed by atoms with Crippen molar-refractivity contribution in [2.45, 2.75) is 33.2 Å². The van der Waals surface area contributed by atoms with Gasteiger partial charge in [0.2, 0.25) is 0 Å². The maximum absolute atomic E-state index is 12.5. The first-order chi connectivity index (χ1) is 9.52. The first-order valence-corrected chi connectivity index (χ1v) is 7.58. The molecule has 3 nitrogen and oxygen atoms in total. The topological polar surface area (TPSA) is 34.0 Å². The highest BCUT2D eigenvalue weighted by atomic mass is 79.9. The number of halogens is 1. The van der Waals surface area contributed by atoms with E-state index in [9.17, 15) is 4.79 Å². The largest absolute Gasteiger partial charge is 0.340 e. The zero-order valence-corrected chi connectivity index (χ0v) is 13.6. The van der Waals surface area contributed by atoms with Crippen LogP contribution in [0.25, 0.3) is 0 Å². The summed E-state index contributed by atoms with van der Waals surface area (Å²) >= 11 is 3.43. The number of amides is 1. The van der Waals surface area contributed by atoms with Crippen molar-refractivity contribution in [2.75, 3.05) is 5.32 Å². The molecular weight excluding hydrogens is 316 g/mol. The zero-order chi connectivity index (χ0) is 14.7. The van der Waals surface area contributed by atoms with Gasteiger partial charge in [0.15, 0.2) is 0 Å². The molecule has 106 valence electrons. The summed E-state index contributed by atoms with van der Waals surface area (Å²) < 4.78 is 2.88. The van der Waals surface area contributed by atoms with E-state index in [0.29, 0.717) is 5.69 Å². The number of carbonyl (C=O) groups excluding carboxylic acids is 1. The Kier molecular flexibility index (Phi) is 4.65. The van der Waals surface area contributed by atoms with Crippen LogP contribution in [0, 0.1) is 0 Å². The molecule has 1 aromatic heterocycles. The number of rotatable bonds is 4. The number of hydrogen-bond acceptors (Lipinski definition) is 1. The molecule has 0 aliphatic heterocycles. The highest BCUT2D eigenvalue weighted by molar-refractivity contribution is 9.10. The van der Waals surface area contributed by atoms with Gasteiger partial charge in [-0.2, -0.15) is 0 Å². The van der Waals surface area contributed by atoms with Gasteiger partial charge in [-0.05, 0) is 53.9 Å². The summed E-state index contributed by atoms with van der Waals surface area (Å²) in [5, 5.41) is 3.01. The summed E-state index contributed by atoms with van der Waals surface area (Å²) in [5.74, 6) is -0.0784. The third kappa shape index (κ3) is 3.12. The first kappa shape index (κ1) is 14.9. The van der Waals surface area contributed by atoms with Gasteiger partial charge in [0.05, 0.1) is 0 Å². The molecule has 1 aromatic carbocycles. The van der Waals surface area contributed by atoms with Crippen LogP contribution in [0.2, 0.25) is 0 Å². The highest BCUT2D eigenvalue weighted by Crippen LogP contribution is 2.22. The normalized spacial score (nSPS) is 10.8. The van der Waals surface area contributed by atoms with Crippen LogP contribution in [0.15, 0.2) is 41.0 Å². The minimum absolute atomic E-state index is 0.0784. The van der Waals surface area contributed by atoms with E-state index in [1.165, 1.54) is 0 Å². The van der Waals surface area contributed by atoms with Crippen molar-refractivity contribution in [3.05, 3.63) is 52.3 Å². The van der Waals surface area contributed by atoms with Gasteiger partial charge < -0.3 is 9.88 Å². The fraction of sp³-hybridized carbons (Fsp3) is 0.312. The molecule has 4 heteroatoms. The molecule has 0 aliphatic rings. The van der Waals surface area contributed by atoms with Crippen LogP contribution in [0.3, 0.4) is 0 Å². The molecule has 0 radical (unpaired) electrons. The van der Waals surface area contributed by atoms with Crippen LogP contribution in [-0.2, 0) is 6.42 Å². The molecule has 1 heterocycles. The van der Waals surface area contributed by atoms with E-state index < -0.39 is 0 Å². The molecule has 0 spiro atoms. The number of hydrogen-bond donors (Lipinski definition) is 1. The quantitative estimate of drug-likeness (QED) is 0.867. The fourth-order valence-corrected chi connectivity index (χ4v) is 2.63. The van der Waals surface area contributed by atoms with Crippen LogP contribution >= 0.6 is 15.9 Å². The molecule has 2 aromatic rings. The van der Waals surface area contributed by atoms with Crippen LogP contribution in [0.5, 0.6) is 0 Å². The van der Waals surface area contributed by atoms with Gasteiger partial charge in [0.1, 0.15) is 5.69 Å². The molecule has 20 heavy (non-hydrogen) atoms. The second kappa shape index (κ2) is 6.27. The molecule has 0 fully saturated rings. The predicted octanol–water partition coefficient (Wildman–Crippen LogP) is 4.65. The number of aryl methyl sites for hydroxylation is 1. The lowest BCUT2D eigenvalue weighted by atomic mass is 10.1. The number of benzene rings is 1. The van der Waals surface area contributed by atoms with Gasteiger partial charge in [0, 0.05) is 22.4 Å². The standard InChI is InChI=1S/C16H19BrN2O/c1-4-12-7-5-6-8-14(12)18-16(20)15-9-13(17)10-19(15)11(2)3/h5-11H,4H2,1-3H3,(H,18,20). The molecule has 0 atom stereocenters. The second-order valence-electron chi connectivity index (χ2n) is 5.01. The average molecular weight is 335 g/mol. The lowest BCUT2D eigenvalue weighted by Gasteiger charge is -2.14. The van der Waals surface area contributed by atoms with Gasteiger partial charge in [0.25, 0.3) is 5.91 Å². The molecule has 0 saturated carbocycles. The van der Waals surface area contributed by atoms with Crippen LogP contribution in [0.4, 0.5) is 5.69 Å². The molecular formula is C16H19BrN2O. The van der Waals surface area contributed by atoms with E-state index in [1.807, 2.05) is 41.1 Å². The number of carbonyl (C=O) groups is 1. The van der Waals surface area contributed by atoms with Crippen molar-refractivity contribution in [1.29, 1.82) is 0 Å². The minimum Gasteiger partial charge on any atom is -0.340 e. The number of nitrogens with one attached hydrogen (secondary N) is 1. The fourth-order valence-electron chi connectivity index (χ4n) is 2.19. The third-order valence-electron chi connectivity index (χ3n) is 3.25. The Hall–Kier alpha value is -1.55. The Balaban J connectivity index is 2.28. The molecule has 1 amide bonds. The molecule has 0 saturated heterocycles. The van der Waals surface area contributed by atoms with E-state index in [-0.39, 0.29) is 11.9 Å². The summed E-state index contributed by atoms with van der Waals surface area (Å²) in [6.45, 7) is 6.20. The SMILES string of the molecule is CCc1ccccc1NC(=O)c1cc(Br)cn1C(C)C. The number of anilines is 1. The predicted molar refractivity (Wildman–Crippen MR) is 86.3 cm³/mol. The Morgan fingerprint density at radius 2 is 2.05 bits per heavy atom. The summed E-state index contributed by atoms with van der Waals surface area (Å²) in [6, 6.07) is 9.99. The summed E-state index contributed by atoms with van der Waals surface area (Å²) in [5.41, 5.74) is 2.69. The summed E-state index contributed by atoms with van der Waals surface area (Å²) in [7, 11) is 0. The minimum atomic E-state index is -0.0784. The van der Waals surface area contributed by atoms with Gasteiger partial charge in [-0.25, -0.2) is 0 Å². The number of aromatic nitrogens is 1. The van der Waals surface area contributed by atoms with Crippen molar-refractivity contribution in [3.63, 3.8) is 0 Å². The van der Waals surface area contributed by atoms with Gasteiger partial charge >= 0.3 is 0 Å². The van der Waals surface area contributed by atoms with E-state index in [0.717, 1.165) is 22.1 Å². The van der Waals surface area contributed by atoms with Gasteiger partial charge in [-0.1, -0.05) is 25.1 Å². The number of para-hydroxylation sites is 1. The Morgan fingerprint density at radius 3 is 2.70 bits per heavy atom. The van der Waals surface area contributed by atoms with Crippen molar-refractivity contribution in [2.24, 2.45) is 0 Å². The van der Waals surface area contributed by atoms with Gasteiger partial charge in [-0.3, -0.25) is 4.79 Å². The van der Waals surface area contributed by atoms with Crippen LogP contribution in [-0.4, -0.2) is 10.5 Å². The summed E-state index contributed by atoms with van der Waals surface area (Å²) in [4.78, 5) is 12.5. The Labute approximate surface area is 128 Å². The maximum Gasteiger partial charge on any atom is 0.272 e. The highest BCUT2D eigenvalue weighted by Gasteiger charge is 2.15. The molecule has 2 rings (SSSR count). The molecule has 0 bridgehead atoms. The van der Waals surface area contributed by atoms with Crippen molar-refractivity contribution >= 4 is 27.5 Å². The number of nitrogens with zero attached hydrogens (tertiary/aromatic N) is 1. The van der Waals surface area contributed by atoms with Crippen LogP contribution < -0.4 is 5.32 Å². The maximum atomic E-state index is 12.5. The molecule has 0 unspecified atom stereocenters. The Bertz CT molecular complexity index is 617. The Morgan fingerprint density at radius 1 is 1.35 bits per heavy atom. The van der Waals surface area contributed by atoms with E-state index >= 15 is 0 Å². The molecule has 1 N–H and O–H groups in total. The lowest BCUT2D eigenvalue weighted by molar-refractivity contribution is 0.101. The van der Waals surface area contributed by atoms with Crippen molar-refractivity contribution in [3.8, 4) is 0 Å². The van der Waals surface area contributed by atoms with Crippen molar-refractivity contribution in [1.82, 2.24) is 4.57 Å². The van der Waals surface area contributed by atoms with Crippen LogP contribution in [0.1, 0.15) is 42.9 Å². The first-order valence-electron chi connectivity index (χ1n) is 6.79. The van der Waals surface area contributed by atoms with Crippen molar-refractivity contribution < 1.29 is 4.79 Å². The summed E-state index contributed by atoms with van der Waals surface area (Å²) in [6.07, 6.45) is 2.83. The van der Waals surface area contributed by atoms with E-state index in [4.69, 9.17) is 0 Å². The third-order valence-corrected chi connectivity index (χ3v) is 3.68. The average Bonchev–Trinajstić information content (AvgIpc) is 2.82. The smallest absolute Gasteiger partial charge is 0.272 e. The lowest BCUT2D eigenvalue weighted by Crippen LogP contribution is -2.18. The monoisotopic (exact) mass is 334 g/mol. The molecule has 0 aliphatic carbocycles. The second-order valence-corrected chi connectivity index (χ2v) is 5.93. The van der Waals surface area contributed by atoms with E-state index in [1.54, 1.807) is 0 Å². The zero-order valence-electron chi connectivity index (χ0n) is 12.0.